The van der Waals surface area contributed by atoms with E-state index in [-0.39, 0.29) is 5.75 Å². The van der Waals surface area contributed by atoms with Crippen molar-refractivity contribution >= 4 is 0 Å². The summed E-state index contributed by atoms with van der Waals surface area (Å²) in [5, 5.41) is 13.3. The fourth-order valence-electron chi connectivity index (χ4n) is 1.32. The second-order valence-electron chi connectivity index (χ2n) is 3.11. The average Bonchev–Trinajstić information content (AvgIpc) is 2.81. The van der Waals surface area contributed by atoms with E-state index in [0.29, 0.717) is 17.9 Å². The molecule has 0 fully saturated rings. The van der Waals surface area contributed by atoms with Crippen molar-refractivity contribution in [2.75, 3.05) is 6.54 Å². The molecule has 0 aliphatic heterocycles. The monoisotopic (exact) mass is 214 g/mol. The minimum Gasteiger partial charge on any atom is -0.507 e. The molecule has 1 heterocycles. The zero-order chi connectivity index (χ0) is 11.4. The predicted octanol–water partition coefficient (Wildman–Crippen LogP) is 1.36. The first-order valence-corrected chi connectivity index (χ1v) is 4.74. The molecule has 0 saturated carbocycles. The Morgan fingerprint density at radius 2 is 2.25 bits per heavy atom. The molecule has 0 atom stereocenters. The average molecular weight is 214 g/mol. The van der Waals surface area contributed by atoms with Crippen LogP contribution >= 0.6 is 0 Å². The van der Waals surface area contributed by atoms with E-state index in [1.54, 1.807) is 24.3 Å². The van der Waals surface area contributed by atoms with Crippen LogP contribution in [0.2, 0.25) is 0 Å². The molecule has 0 aliphatic carbocycles. The lowest BCUT2D eigenvalue weighted by Gasteiger charge is -2.00. The summed E-state index contributed by atoms with van der Waals surface area (Å²) in [6.07, 6.45) is 1.52. The summed E-state index contributed by atoms with van der Waals surface area (Å²) in [7, 11) is 0. The van der Waals surface area contributed by atoms with Gasteiger partial charge in [-0.15, -0.1) is 0 Å². The topological polar surface area (TPSA) is 72.3 Å². The van der Waals surface area contributed by atoms with Crippen LogP contribution < -0.4 is 5.73 Å². The number of nitrogens with zero attached hydrogens (tertiary/aromatic N) is 1. The smallest absolute Gasteiger partial charge is 0.170 e. The Morgan fingerprint density at radius 1 is 1.38 bits per heavy atom. The van der Waals surface area contributed by atoms with E-state index < -0.39 is 0 Å². The highest BCUT2D eigenvalue weighted by Crippen LogP contribution is 2.29. The van der Waals surface area contributed by atoms with Gasteiger partial charge in [-0.1, -0.05) is 17.0 Å². The molecule has 0 saturated heterocycles. The largest absolute Gasteiger partial charge is 0.507 e. The van der Waals surface area contributed by atoms with Gasteiger partial charge in [0, 0.05) is 11.6 Å². The Hall–Kier alpha value is -2.25. The van der Waals surface area contributed by atoms with Crippen molar-refractivity contribution in [2.24, 2.45) is 5.73 Å². The molecule has 2 aromatic rings. The van der Waals surface area contributed by atoms with E-state index in [9.17, 15) is 5.11 Å². The van der Waals surface area contributed by atoms with Gasteiger partial charge in [0.2, 0.25) is 0 Å². The van der Waals surface area contributed by atoms with Crippen molar-refractivity contribution in [3.05, 3.63) is 36.0 Å². The van der Waals surface area contributed by atoms with Crippen LogP contribution in [0.3, 0.4) is 0 Å². The number of hydrogen-bond acceptors (Lipinski definition) is 4. The van der Waals surface area contributed by atoms with Gasteiger partial charge in [0.15, 0.2) is 5.76 Å². The van der Waals surface area contributed by atoms with Gasteiger partial charge in [0.05, 0.1) is 18.3 Å². The molecule has 0 radical (unpaired) electrons. The zero-order valence-electron chi connectivity index (χ0n) is 8.47. The third-order valence-electron chi connectivity index (χ3n) is 2.03. The molecule has 16 heavy (non-hydrogen) atoms. The van der Waals surface area contributed by atoms with E-state index in [2.05, 4.69) is 17.0 Å². The van der Waals surface area contributed by atoms with Gasteiger partial charge in [0.25, 0.3) is 0 Å². The maximum atomic E-state index is 9.67. The van der Waals surface area contributed by atoms with E-state index in [4.69, 9.17) is 10.3 Å². The standard InChI is InChI=1S/C12H10N2O2/c13-6-1-2-9-3-4-11(15)10(8-9)12-5-7-14-16-12/h3-5,7-8,15H,6,13H2. The van der Waals surface area contributed by atoms with Crippen LogP contribution in [0.5, 0.6) is 5.75 Å². The lowest BCUT2D eigenvalue weighted by molar-refractivity contribution is 0.426. The van der Waals surface area contributed by atoms with Gasteiger partial charge < -0.3 is 15.4 Å². The summed E-state index contributed by atoms with van der Waals surface area (Å²) in [5.74, 6) is 6.27. The molecule has 4 nitrogen and oxygen atoms in total. The molecule has 0 bridgehead atoms. The summed E-state index contributed by atoms with van der Waals surface area (Å²) in [6.45, 7) is 0.304. The molecular formula is C12H10N2O2. The van der Waals surface area contributed by atoms with Gasteiger partial charge in [-0.2, -0.15) is 0 Å². The van der Waals surface area contributed by atoms with E-state index in [0.717, 1.165) is 5.56 Å². The number of nitrogens with two attached hydrogens (primary N) is 1. The number of hydrogen-bond donors (Lipinski definition) is 2. The summed E-state index contributed by atoms with van der Waals surface area (Å²) in [6, 6.07) is 6.70. The lowest BCUT2D eigenvalue weighted by Crippen LogP contribution is -1.93. The van der Waals surface area contributed by atoms with Gasteiger partial charge in [0.1, 0.15) is 5.75 Å². The first-order chi connectivity index (χ1) is 7.81. The van der Waals surface area contributed by atoms with Gasteiger partial charge in [-0.25, -0.2) is 0 Å². The van der Waals surface area contributed by atoms with E-state index in [1.165, 1.54) is 6.20 Å². The number of benzene rings is 1. The molecule has 0 amide bonds. The van der Waals surface area contributed by atoms with Crippen molar-refractivity contribution in [1.29, 1.82) is 0 Å². The molecule has 1 aromatic carbocycles. The molecule has 2 rings (SSSR count). The lowest BCUT2D eigenvalue weighted by atomic mass is 10.1. The minimum atomic E-state index is 0.134. The molecule has 80 valence electrons. The van der Waals surface area contributed by atoms with Gasteiger partial charge in [-0.05, 0) is 18.2 Å². The first-order valence-electron chi connectivity index (χ1n) is 4.74. The Bertz CT molecular complexity index is 536. The normalized spacial score (nSPS) is 9.56. The van der Waals surface area contributed by atoms with E-state index >= 15 is 0 Å². The maximum absolute atomic E-state index is 9.67. The quantitative estimate of drug-likeness (QED) is 0.703. The molecule has 4 heteroatoms. The number of phenols is 1. The van der Waals surface area contributed by atoms with Crippen molar-refractivity contribution < 1.29 is 9.63 Å². The van der Waals surface area contributed by atoms with Crippen LogP contribution in [0.1, 0.15) is 5.56 Å². The predicted molar refractivity (Wildman–Crippen MR) is 59.5 cm³/mol. The number of rotatable bonds is 1. The molecule has 3 N–H and O–H groups in total. The summed E-state index contributed by atoms with van der Waals surface area (Å²) in [5.41, 5.74) is 6.63. The fourth-order valence-corrected chi connectivity index (χ4v) is 1.32. The third-order valence-corrected chi connectivity index (χ3v) is 2.03. The molecule has 0 spiro atoms. The first kappa shape index (κ1) is 10.3. The Balaban J connectivity index is 2.45. The van der Waals surface area contributed by atoms with Crippen LogP contribution in [0.25, 0.3) is 11.3 Å². The number of aromatic nitrogens is 1. The Kier molecular flexibility index (Phi) is 2.90. The molecule has 0 unspecified atom stereocenters. The van der Waals surface area contributed by atoms with Crippen molar-refractivity contribution in [3.63, 3.8) is 0 Å². The highest BCUT2D eigenvalue weighted by atomic mass is 16.5. The van der Waals surface area contributed by atoms with Crippen molar-refractivity contribution in [3.8, 4) is 28.9 Å². The van der Waals surface area contributed by atoms with Crippen LogP contribution in [-0.2, 0) is 0 Å². The second kappa shape index (κ2) is 4.51. The summed E-state index contributed by atoms with van der Waals surface area (Å²) in [4.78, 5) is 0. The molecule has 1 aromatic heterocycles. The van der Waals surface area contributed by atoms with Crippen molar-refractivity contribution in [2.45, 2.75) is 0 Å². The summed E-state index contributed by atoms with van der Waals surface area (Å²) < 4.78 is 4.98. The van der Waals surface area contributed by atoms with Crippen LogP contribution in [0.4, 0.5) is 0 Å². The van der Waals surface area contributed by atoms with Crippen LogP contribution in [0.15, 0.2) is 35.0 Å². The minimum absolute atomic E-state index is 0.134. The number of phenolic OH excluding ortho intramolecular Hbond substituents is 1. The SMILES string of the molecule is NCC#Cc1ccc(O)c(-c2ccno2)c1. The van der Waals surface area contributed by atoms with E-state index in [1.807, 2.05) is 0 Å². The molecule has 0 aliphatic rings. The maximum Gasteiger partial charge on any atom is 0.170 e. The third kappa shape index (κ3) is 2.05. The van der Waals surface area contributed by atoms with Crippen LogP contribution in [-0.4, -0.2) is 16.8 Å². The zero-order valence-corrected chi connectivity index (χ0v) is 8.47. The van der Waals surface area contributed by atoms with Crippen molar-refractivity contribution in [1.82, 2.24) is 5.16 Å². The van der Waals surface area contributed by atoms with Gasteiger partial charge >= 0.3 is 0 Å². The van der Waals surface area contributed by atoms with Crippen LogP contribution in [0, 0.1) is 11.8 Å². The van der Waals surface area contributed by atoms with Gasteiger partial charge in [-0.3, -0.25) is 0 Å². The highest BCUT2D eigenvalue weighted by molar-refractivity contribution is 5.67. The Morgan fingerprint density at radius 3 is 2.94 bits per heavy atom. The molecular weight excluding hydrogens is 204 g/mol. The fraction of sp³-hybridized carbons (Fsp3) is 0.0833. The number of aromatic hydroxyl groups is 1. The second-order valence-corrected chi connectivity index (χ2v) is 3.11. The highest BCUT2D eigenvalue weighted by Gasteiger charge is 2.07. The summed E-state index contributed by atoms with van der Waals surface area (Å²) >= 11 is 0. The Labute approximate surface area is 92.7 Å².